The average Bonchev–Trinajstić information content (AvgIpc) is 3.59. The monoisotopic (exact) mass is 594 g/mol. The summed E-state index contributed by atoms with van der Waals surface area (Å²) in [7, 11) is 4.31. The minimum Gasteiger partial charge on any atom is -0.478 e. The van der Waals surface area contributed by atoms with Crippen molar-refractivity contribution in [1.29, 1.82) is 0 Å². The molecule has 2 fully saturated rings. The van der Waals surface area contributed by atoms with Crippen LogP contribution in [0, 0.1) is 0 Å². The highest BCUT2D eigenvalue weighted by molar-refractivity contribution is 7.08. The van der Waals surface area contributed by atoms with E-state index in [2.05, 4.69) is 57.5 Å². The van der Waals surface area contributed by atoms with Crippen molar-refractivity contribution >= 4 is 34.6 Å². The molecule has 0 aliphatic carbocycles. The number of carboxylic acid groups (broad SMARTS) is 2. The van der Waals surface area contributed by atoms with Crippen LogP contribution < -0.4 is 0 Å². The molecular formula is C30H46N2O6S2. The molecule has 0 bridgehead atoms. The molecule has 224 valence electrons. The summed E-state index contributed by atoms with van der Waals surface area (Å²) in [5.74, 6) is -2.51. The molecular weight excluding hydrogens is 548 g/mol. The summed E-state index contributed by atoms with van der Waals surface area (Å²) in [5, 5.41) is 45.3. The van der Waals surface area contributed by atoms with Gasteiger partial charge >= 0.3 is 11.9 Å². The highest BCUT2D eigenvalue weighted by Crippen LogP contribution is 2.45. The number of piperidine rings is 2. The molecule has 0 saturated carbocycles. The number of carbonyl (C=O) groups is 2. The highest BCUT2D eigenvalue weighted by Gasteiger charge is 2.47. The molecule has 4 rings (SSSR count). The normalized spacial score (nSPS) is 19.7. The Hall–Kier alpha value is -2.08. The van der Waals surface area contributed by atoms with Crippen LogP contribution in [0.2, 0.25) is 0 Å². The van der Waals surface area contributed by atoms with Gasteiger partial charge in [-0.3, -0.25) is 0 Å². The largest absolute Gasteiger partial charge is 0.478 e. The van der Waals surface area contributed by atoms with Crippen molar-refractivity contribution in [1.82, 2.24) is 9.80 Å². The fourth-order valence-corrected chi connectivity index (χ4v) is 7.23. The lowest BCUT2D eigenvalue weighted by atomic mass is 9.64. The zero-order chi connectivity index (χ0) is 30.2. The summed E-state index contributed by atoms with van der Waals surface area (Å²) in [6, 6.07) is 4.35. The standard InChI is InChI=1S/2C13H21NOS.C4H4O4/c2*1-12(2,15)13(11-4-9-16-10-11)5-7-14(3)8-6-13;5-3(6)1-2-4(7)8/h2*4,9-10,15H,5-8H2,1-3H3;1-2H,(H,5,6)(H,7,8)/b;;2-1-. The van der Waals surface area contributed by atoms with E-state index in [-0.39, 0.29) is 10.8 Å². The first kappa shape index (κ1) is 34.1. The van der Waals surface area contributed by atoms with Crippen LogP contribution in [-0.4, -0.2) is 93.6 Å². The zero-order valence-corrected chi connectivity index (χ0v) is 26.2. The van der Waals surface area contributed by atoms with Crippen molar-refractivity contribution in [3.63, 3.8) is 0 Å². The molecule has 2 aromatic rings. The van der Waals surface area contributed by atoms with Crippen LogP contribution in [0.3, 0.4) is 0 Å². The Balaban J connectivity index is 0.000000224. The van der Waals surface area contributed by atoms with Crippen LogP contribution in [0.15, 0.2) is 45.8 Å². The third-order valence-corrected chi connectivity index (χ3v) is 9.91. The maximum Gasteiger partial charge on any atom is 0.328 e. The fraction of sp³-hybridized carbons (Fsp3) is 0.600. The lowest BCUT2D eigenvalue weighted by Gasteiger charge is -2.48. The minimum atomic E-state index is -1.26. The van der Waals surface area contributed by atoms with Crippen LogP contribution in [-0.2, 0) is 20.4 Å². The van der Waals surface area contributed by atoms with Crippen LogP contribution in [0.1, 0.15) is 64.5 Å². The lowest BCUT2D eigenvalue weighted by Crippen LogP contribution is -2.53. The summed E-state index contributed by atoms with van der Waals surface area (Å²) in [4.78, 5) is 23.8. The van der Waals surface area contributed by atoms with E-state index < -0.39 is 23.1 Å². The third-order valence-electron chi connectivity index (χ3n) is 8.54. The molecule has 8 nitrogen and oxygen atoms in total. The predicted molar refractivity (Wildman–Crippen MR) is 162 cm³/mol. The first-order valence-electron chi connectivity index (χ1n) is 13.6. The smallest absolute Gasteiger partial charge is 0.328 e. The number of likely N-dealkylation sites (tertiary alicyclic amines) is 2. The number of aliphatic hydroxyl groups is 2. The van der Waals surface area contributed by atoms with Gasteiger partial charge in [-0.2, -0.15) is 22.7 Å². The molecule has 2 aliphatic heterocycles. The van der Waals surface area contributed by atoms with Gasteiger partial charge in [-0.25, -0.2) is 9.59 Å². The van der Waals surface area contributed by atoms with Crippen LogP contribution in [0.5, 0.6) is 0 Å². The molecule has 0 atom stereocenters. The second-order valence-electron chi connectivity index (χ2n) is 11.9. The van der Waals surface area contributed by atoms with Gasteiger partial charge in [0.25, 0.3) is 0 Å². The van der Waals surface area contributed by atoms with Gasteiger partial charge in [-0.05, 0) is 138 Å². The quantitative estimate of drug-likeness (QED) is 0.356. The predicted octanol–water partition coefficient (Wildman–Crippen LogP) is 4.68. The van der Waals surface area contributed by atoms with E-state index in [0.717, 1.165) is 51.9 Å². The number of nitrogens with zero attached hydrogens (tertiary/aromatic N) is 2. The van der Waals surface area contributed by atoms with Crippen molar-refractivity contribution in [3.8, 4) is 0 Å². The third kappa shape index (κ3) is 8.71. The second kappa shape index (κ2) is 14.2. The molecule has 0 unspecified atom stereocenters. The summed E-state index contributed by atoms with van der Waals surface area (Å²) >= 11 is 3.45. The molecule has 0 spiro atoms. The Labute approximate surface area is 246 Å². The number of hydrogen-bond acceptors (Lipinski definition) is 8. The van der Waals surface area contributed by atoms with Gasteiger partial charge in [-0.1, -0.05) is 0 Å². The topological polar surface area (TPSA) is 122 Å². The van der Waals surface area contributed by atoms with Gasteiger partial charge in [0.2, 0.25) is 0 Å². The SMILES string of the molecule is CN1CCC(c2ccsc2)(C(C)(C)O)CC1.CN1CCC(c2ccsc2)(C(C)(C)O)CC1.O=C(O)/C=C\C(=O)O. The molecule has 0 amide bonds. The van der Waals surface area contributed by atoms with Crippen LogP contribution in [0.25, 0.3) is 0 Å². The van der Waals surface area contributed by atoms with Crippen LogP contribution >= 0.6 is 22.7 Å². The van der Waals surface area contributed by atoms with Gasteiger partial charge in [0.05, 0.1) is 11.2 Å². The fourth-order valence-electron chi connectivity index (χ4n) is 5.72. The number of rotatable bonds is 6. The van der Waals surface area contributed by atoms with Gasteiger partial charge in [0.15, 0.2) is 0 Å². The molecule has 2 aliphatic rings. The Morgan fingerprint density at radius 1 is 0.725 bits per heavy atom. The number of thiophene rings is 2. The van der Waals surface area contributed by atoms with E-state index in [1.807, 2.05) is 27.7 Å². The van der Waals surface area contributed by atoms with E-state index in [0.29, 0.717) is 12.2 Å². The number of hydrogen-bond donors (Lipinski definition) is 4. The van der Waals surface area contributed by atoms with Gasteiger partial charge in [0.1, 0.15) is 0 Å². The molecule has 10 heteroatoms. The van der Waals surface area contributed by atoms with E-state index in [4.69, 9.17) is 10.2 Å². The summed E-state index contributed by atoms with van der Waals surface area (Å²) in [6.07, 6.45) is 5.30. The molecule has 0 aromatic carbocycles. The lowest BCUT2D eigenvalue weighted by molar-refractivity contribution is -0.134. The zero-order valence-electron chi connectivity index (χ0n) is 24.6. The summed E-state index contributed by atoms with van der Waals surface area (Å²) in [5.41, 5.74) is 1.24. The maximum absolute atomic E-state index is 10.5. The molecule has 0 radical (unpaired) electrons. The highest BCUT2D eigenvalue weighted by atomic mass is 32.1. The van der Waals surface area contributed by atoms with Crippen molar-refractivity contribution < 1.29 is 30.0 Å². The van der Waals surface area contributed by atoms with E-state index in [1.54, 1.807) is 22.7 Å². The number of aliphatic carboxylic acids is 2. The first-order valence-corrected chi connectivity index (χ1v) is 15.4. The Bertz CT molecular complexity index is 982. The molecule has 2 aromatic heterocycles. The molecule has 40 heavy (non-hydrogen) atoms. The van der Waals surface area contributed by atoms with E-state index in [9.17, 15) is 19.8 Å². The Kier molecular flexibility index (Phi) is 12.1. The van der Waals surface area contributed by atoms with Gasteiger partial charge < -0.3 is 30.2 Å². The summed E-state index contributed by atoms with van der Waals surface area (Å²) < 4.78 is 0. The maximum atomic E-state index is 10.5. The van der Waals surface area contributed by atoms with Gasteiger partial charge in [-0.15, -0.1) is 0 Å². The summed E-state index contributed by atoms with van der Waals surface area (Å²) in [6.45, 7) is 12.1. The average molecular weight is 595 g/mol. The Morgan fingerprint density at radius 3 is 1.23 bits per heavy atom. The van der Waals surface area contributed by atoms with Gasteiger partial charge in [0, 0.05) is 23.0 Å². The molecule has 4 heterocycles. The Morgan fingerprint density at radius 2 is 1.02 bits per heavy atom. The second-order valence-corrected chi connectivity index (χ2v) is 13.5. The van der Waals surface area contributed by atoms with E-state index >= 15 is 0 Å². The van der Waals surface area contributed by atoms with Crippen LogP contribution in [0.4, 0.5) is 0 Å². The van der Waals surface area contributed by atoms with Crippen molar-refractivity contribution in [2.45, 2.75) is 75.4 Å². The molecule has 2 saturated heterocycles. The van der Waals surface area contributed by atoms with Crippen molar-refractivity contribution in [2.24, 2.45) is 0 Å². The number of carboxylic acids is 2. The minimum absolute atomic E-state index is 0.0560. The first-order chi connectivity index (χ1) is 18.5. The van der Waals surface area contributed by atoms with E-state index in [1.165, 1.54) is 11.1 Å². The van der Waals surface area contributed by atoms with Crippen molar-refractivity contribution in [3.05, 3.63) is 56.9 Å². The molecule has 4 N–H and O–H groups in total. The van der Waals surface area contributed by atoms with Crippen molar-refractivity contribution in [2.75, 3.05) is 40.3 Å².